The van der Waals surface area contributed by atoms with Crippen molar-refractivity contribution in [3.63, 3.8) is 0 Å². The summed E-state index contributed by atoms with van der Waals surface area (Å²) in [5, 5.41) is 0. The zero-order valence-corrected chi connectivity index (χ0v) is 4.90. The van der Waals surface area contributed by atoms with E-state index in [-0.39, 0.29) is 5.91 Å². The summed E-state index contributed by atoms with van der Waals surface area (Å²) >= 11 is 0. The van der Waals surface area contributed by atoms with Crippen molar-refractivity contribution in [3.8, 4) is 0 Å². The Morgan fingerprint density at radius 3 is 2.62 bits per heavy atom. The third kappa shape index (κ3) is 1.93. The van der Waals surface area contributed by atoms with Gasteiger partial charge in [0.15, 0.2) is 0 Å². The largest absolute Gasteiger partial charge is 0.292 e. The second kappa shape index (κ2) is 2.13. The summed E-state index contributed by atoms with van der Waals surface area (Å²) in [5.41, 5.74) is 5.38. The molecular weight excluding hydrogens is 104 g/mol. The summed E-state index contributed by atoms with van der Waals surface area (Å²) in [6.07, 6.45) is 2.39. The molecule has 0 aliphatic heterocycles. The maximum atomic E-state index is 10.2. The lowest BCUT2D eigenvalue weighted by Crippen LogP contribution is -2.37. The average Bonchev–Trinajstić information content (AvgIpc) is 2.41. The monoisotopic (exact) mass is 114 g/mol. The Kier molecular flexibility index (Phi) is 1.48. The SMILES string of the molecule is CC(=O)NNC1CC1. The second-order valence-electron chi connectivity index (χ2n) is 2.10. The molecule has 1 saturated carbocycles. The van der Waals surface area contributed by atoms with Crippen molar-refractivity contribution in [2.24, 2.45) is 0 Å². The number of rotatable bonds is 2. The summed E-state index contributed by atoms with van der Waals surface area (Å²) in [7, 11) is 0. The highest BCUT2D eigenvalue weighted by Gasteiger charge is 2.20. The molecule has 3 nitrogen and oxygen atoms in total. The van der Waals surface area contributed by atoms with Gasteiger partial charge in [0.1, 0.15) is 0 Å². The molecule has 0 spiro atoms. The summed E-state index contributed by atoms with van der Waals surface area (Å²) in [6.45, 7) is 1.50. The van der Waals surface area contributed by atoms with Gasteiger partial charge in [-0.2, -0.15) is 0 Å². The van der Waals surface area contributed by atoms with E-state index in [9.17, 15) is 4.79 Å². The van der Waals surface area contributed by atoms with Crippen molar-refractivity contribution >= 4 is 5.91 Å². The molecule has 1 fully saturated rings. The molecule has 0 aromatic carbocycles. The summed E-state index contributed by atoms with van der Waals surface area (Å²) in [5.74, 6) is -0.0168. The summed E-state index contributed by atoms with van der Waals surface area (Å²) in [4.78, 5) is 10.2. The molecular formula is C5H10N2O. The molecule has 0 radical (unpaired) electrons. The lowest BCUT2D eigenvalue weighted by Gasteiger charge is -1.99. The molecule has 0 atom stereocenters. The van der Waals surface area contributed by atoms with Crippen molar-refractivity contribution < 1.29 is 4.79 Å². The number of nitrogens with one attached hydrogen (secondary N) is 2. The van der Waals surface area contributed by atoms with Crippen molar-refractivity contribution in [2.45, 2.75) is 25.8 Å². The molecule has 2 N–H and O–H groups in total. The molecule has 0 bridgehead atoms. The molecule has 0 saturated heterocycles. The van der Waals surface area contributed by atoms with E-state index in [4.69, 9.17) is 0 Å². The van der Waals surface area contributed by atoms with Crippen LogP contribution in [0, 0.1) is 0 Å². The van der Waals surface area contributed by atoms with E-state index in [2.05, 4.69) is 10.9 Å². The molecule has 1 aliphatic rings. The maximum Gasteiger partial charge on any atom is 0.230 e. The predicted octanol–water partition coefficient (Wildman–Crippen LogP) is -0.211. The average molecular weight is 114 g/mol. The highest BCUT2D eigenvalue weighted by Crippen LogP contribution is 2.17. The van der Waals surface area contributed by atoms with Crippen LogP contribution in [0.15, 0.2) is 0 Å². The minimum Gasteiger partial charge on any atom is -0.292 e. The number of carbonyl (C=O) groups is 1. The minimum atomic E-state index is -0.0168. The van der Waals surface area contributed by atoms with Gasteiger partial charge >= 0.3 is 0 Å². The zero-order chi connectivity index (χ0) is 5.98. The molecule has 0 aromatic rings. The quantitative estimate of drug-likeness (QED) is 0.488. The Morgan fingerprint density at radius 1 is 1.62 bits per heavy atom. The topological polar surface area (TPSA) is 41.1 Å². The van der Waals surface area contributed by atoms with Gasteiger partial charge in [0.05, 0.1) is 0 Å². The van der Waals surface area contributed by atoms with E-state index in [1.807, 2.05) is 0 Å². The van der Waals surface area contributed by atoms with Crippen LogP contribution in [0.25, 0.3) is 0 Å². The highest BCUT2D eigenvalue weighted by molar-refractivity contribution is 5.72. The molecule has 46 valence electrons. The first kappa shape index (κ1) is 5.56. The van der Waals surface area contributed by atoms with Gasteiger partial charge < -0.3 is 0 Å². The van der Waals surface area contributed by atoms with Gasteiger partial charge in [-0.05, 0) is 12.8 Å². The van der Waals surface area contributed by atoms with Gasteiger partial charge in [-0.1, -0.05) is 0 Å². The smallest absolute Gasteiger partial charge is 0.230 e. The van der Waals surface area contributed by atoms with Crippen LogP contribution in [0.1, 0.15) is 19.8 Å². The summed E-state index contributed by atoms with van der Waals surface area (Å²) < 4.78 is 0. The summed E-state index contributed by atoms with van der Waals surface area (Å²) in [6, 6.07) is 0.555. The number of carbonyl (C=O) groups excluding carboxylic acids is 1. The fourth-order valence-corrected chi connectivity index (χ4v) is 0.431. The van der Waals surface area contributed by atoms with Crippen molar-refractivity contribution in [1.82, 2.24) is 10.9 Å². The van der Waals surface area contributed by atoms with Gasteiger partial charge in [0.25, 0.3) is 0 Å². The number of hydrogen-bond donors (Lipinski definition) is 2. The maximum absolute atomic E-state index is 10.2. The first-order valence-corrected chi connectivity index (χ1v) is 2.81. The van der Waals surface area contributed by atoms with Crippen LogP contribution < -0.4 is 10.9 Å². The van der Waals surface area contributed by atoms with E-state index < -0.39 is 0 Å². The molecule has 1 amide bonds. The number of amides is 1. The third-order valence-corrected chi connectivity index (χ3v) is 1.03. The molecule has 0 heterocycles. The molecule has 1 aliphatic carbocycles. The van der Waals surface area contributed by atoms with Gasteiger partial charge in [-0.15, -0.1) is 0 Å². The van der Waals surface area contributed by atoms with Crippen molar-refractivity contribution in [1.29, 1.82) is 0 Å². The van der Waals surface area contributed by atoms with Crippen LogP contribution in [0.5, 0.6) is 0 Å². The number of hydrogen-bond acceptors (Lipinski definition) is 2. The normalized spacial score (nSPS) is 18.1. The first-order chi connectivity index (χ1) is 3.79. The predicted molar refractivity (Wildman–Crippen MR) is 30.0 cm³/mol. The van der Waals surface area contributed by atoms with E-state index in [0.29, 0.717) is 6.04 Å². The molecule has 3 heteroatoms. The van der Waals surface area contributed by atoms with Crippen LogP contribution in [-0.2, 0) is 4.79 Å². The Bertz CT molecular complexity index is 98.6. The molecule has 1 rings (SSSR count). The molecule has 8 heavy (non-hydrogen) atoms. The van der Waals surface area contributed by atoms with Crippen molar-refractivity contribution in [2.75, 3.05) is 0 Å². The van der Waals surface area contributed by atoms with E-state index in [0.717, 1.165) is 0 Å². The van der Waals surface area contributed by atoms with Crippen LogP contribution >= 0.6 is 0 Å². The van der Waals surface area contributed by atoms with Crippen LogP contribution in [0.2, 0.25) is 0 Å². The zero-order valence-electron chi connectivity index (χ0n) is 4.90. The van der Waals surface area contributed by atoms with Crippen molar-refractivity contribution in [3.05, 3.63) is 0 Å². The number of hydrazine groups is 1. The second-order valence-corrected chi connectivity index (χ2v) is 2.10. The fraction of sp³-hybridized carbons (Fsp3) is 0.800. The fourth-order valence-electron chi connectivity index (χ4n) is 0.431. The third-order valence-electron chi connectivity index (χ3n) is 1.03. The molecule has 0 aromatic heterocycles. The Balaban J connectivity index is 1.95. The lowest BCUT2D eigenvalue weighted by molar-refractivity contribution is -0.119. The van der Waals surface area contributed by atoms with E-state index in [1.165, 1.54) is 19.8 Å². The Labute approximate surface area is 48.4 Å². The van der Waals surface area contributed by atoms with E-state index in [1.54, 1.807) is 0 Å². The van der Waals surface area contributed by atoms with Crippen LogP contribution in [-0.4, -0.2) is 11.9 Å². The van der Waals surface area contributed by atoms with Gasteiger partial charge in [0.2, 0.25) is 5.91 Å². The van der Waals surface area contributed by atoms with Gasteiger partial charge in [-0.25, -0.2) is 5.43 Å². The highest BCUT2D eigenvalue weighted by atomic mass is 16.2. The Hall–Kier alpha value is -0.570. The standard InChI is InChI=1S/C5H10N2O/c1-4(8)6-7-5-2-3-5/h5,7H,2-3H2,1H3,(H,6,8). The molecule has 0 unspecified atom stereocenters. The Morgan fingerprint density at radius 2 is 2.25 bits per heavy atom. The minimum absolute atomic E-state index is 0.0168. The van der Waals surface area contributed by atoms with Gasteiger partial charge in [-0.3, -0.25) is 10.2 Å². The van der Waals surface area contributed by atoms with E-state index >= 15 is 0 Å². The van der Waals surface area contributed by atoms with Gasteiger partial charge in [0, 0.05) is 13.0 Å². The van der Waals surface area contributed by atoms with Crippen LogP contribution in [0.4, 0.5) is 0 Å². The lowest BCUT2D eigenvalue weighted by atomic mass is 10.7. The van der Waals surface area contributed by atoms with Crippen LogP contribution in [0.3, 0.4) is 0 Å². The first-order valence-electron chi connectivity index (χ1n) is 2.81.